The summed E-state index contributed by atoms with van der Waals surface area (Å²) >= 11 is 0. The molecule has 0 N–H and O–H groups in total. The van der Waals surface area contributed by atoms with Gasteiger partial charge in [-0.15, -0.1) is 0 Å². The zero-order valence-corrected chi connectivity index (χ0v) is 6.08. The average molecular weight is 150 g/mol. The summed E-state index contributed by atoms with van der Waals surface area (Å²) in [6.45, 7) is 1.82. The molecule has 0 aromatic carbocycles. The van der Waals surface area contributed by atoms with Crippen molar-refractivity contribution in [3.63, 3.8) is 0 Å². The Morgan fingerprint density at radius 2 is 2.27 bits per heavy atom. The van der Waals surface area contributed by atoms with Crippen LogP contribution in [0.4, 0.5) is 4.39 Å². The summed E-state index contributed by atoms with van der Waals surface area (Å²) < 4.78 is 14.5. The van der Waals surface area contributed by atoms with E-state index in [1.807, 2.05) is 6.92 Å². The summed E-state index contributed by atoms with van der Waals surface area (Å²) in [5, 5.41) is 0. The highest BCUT2D eigenvalue weighted by Crippen LogP contribution is 2.07. The minimum atomic E-state index is -0.266. The lowest BCUT2D eigenvalue weighted by atomic mass is 10.4. The lowest BCUT2D eigenvalue weighted by Crippen LogP contribution is -1.92. The standard InChI is InChI=1S/C8H7FN2/c1-6-5-10-8-4-2-3-7(9)11(6)8/h2-5H,1H3. The summed E-state index contributed by atoms with van der Waals surface area (Å²) in [6.07, 6.45) is 1.65. The normalized spacial score (nSPS) is 10.7. The number of rotatable bonds is 0. The van der Waals surface area contributed by atoms with Gasteiger partial charge >= 0.3 is 0 Å². The summed E-state index contributed by atoms with van der Waals surface area (Å²) in [5.41, 5.74) is 1.47. The molecule has 0 fully saturated rings. The van der Waals surface area contributed by atoms with Gasteiger partial charge in [-0.1, -0.05) is 6.07 Å². The molecule has 0 radical (unpaired) electrons. The first kappa shape index (κ1) is 6.34. The van der Waals surface area contributed by atoms with Crippen molar-refractivity contribution in [2.75, 3.05) is 0 Å². The van der Waals surface area contributed by atoms with Crippen LogP contribution in [-0.4, -0.2) is 9.38 Å². The van der Waals surface area contributed by atoms with E-state index in [1.165, 1.54) is 10.5 Å². The number of fused-ring (bicyclic) bond motifs is 1. The number of imidazole rings is 1. The maximum atomic E-state index is 13.0. The van der Waals surface area contributed by atoms with E-state index in [1.54, 1.807) is 18.3 Å². The summed E-state index contributed by atoms with van der Waals surface area (Å²) in [5.74, 6) is -0.266. The van der Waals surface area contributed by atoms with Gasteiger partial charge in [0.1, 0.15) is 5.65 Å². The molecule has 0 saturated carbocycles. The van der Waals surface area contributed by atoms with Gasteiger partial charge in [0.2, 0.25) is 0 Å². The minimum Gasteiger partial charge on any atom is -0.273 e. The van der Waals surface area contributed by atoms with Crippen LogP contribution in [0.5, 0.6) is 0 Å². The molecule has 0 amide bonds. The smallest absolute Gasteiger partial charge is 0.199 e. The number of nitrogens with zero attached hydrogens (tertiary/aromatic N) is 2. The molecule has 3 heteroatoms. The molecule has 11 heavy (non-hydrogen) atoms. The van der Waals surface area contributed by atoms with Crippen molar-refractivity contribution in [3.05, 3.63) is 36.0 Å². The van der Waals surface area contributed by atoms with Gasteiger partial charge < -0.3 is 0 Å². The second-order valence-electron chi connectivity index (χ2n) is 2.44. The largest absolute Gasteiger partial charge is 0.273 e. The fraction of sp³-hybridized carbons (Fsp3) is 0.125. The number of hydrogen-bond acceptors (Lipinski definition) is 1. The molecule has 0 unspecified atom stereocenters. The van der Waals surface area contributed by atoms with Crippen LogP contribution in [0.1, 0.15) is 5.69 Å². The first-order chi connectivity index (χ1) is 5.29. The molecular weight excluding hydrogens is 143 g/mol. The molecule has 2 rings (SSSR count). The molecule has 2 heterocycles. The van der Waals surface area contributed by atoms with E-state index in [0.29, 0.717) is 5.65 Å². The number of halogens is 1. The summed E-state index contributed by atoms with van der Waals surface area (Å²) in [7, 11) is 0. The number of aromatic nitrogens is 2. The van der Waals surface area contributed by atoms with E-state index >= 15 is 0 Å². The Morgan fingerprint density at radius 3 is 3.00 bits per heavy atom. The fourth-order valence-electron chi connectivity index (χ4n) is 1.14. The SMILES string of the molecule is Cc1cnc2cccc(F)n12. The monoisotopic (exact) mass is 150 g/mol. The van der Waals surface area contributed by atoms with Gasteiger partial charge in [0.25, 0.3) is 0 Å². The summed E-state index contributed by atoms with van der Waals surface area (Å²) in [4.78, 5) is 4.00. The zero-order valence-electron chi connectivity index (χ0n) is 6.08. The molecule has 2 nitrogen and oxygen atoms in total. The molecule has 0 atom stereocenters. The van der Waals surface area contributed by atoms with E-state index in [4.69, 9.17) is 0 Å². The molecule has 2 aromatic heterocycles. The molecule has 0 saturated heterocycles. The van der Waals surface area contributed by atoms with E-state index in [2.05, 4.69) is 4.98 Å². The van der Waals surface area contributed by atoms with Crippen LogP contribution in [0.25, 0.3) is 5.65 Å². The van der Waals surface area contributed by atoms with Crippen molar-refractivity contribution in [1.82, 2.24) is 9.38 Å². The van der Waals surface area contributed by atoms with Gasteiger partial charge in [0.15, 0.2) is 5.95 Å². The second-order valence-corrected chi connectivity index (χ2v) is 2.44. The third-order valence-electron chi connectivity index (χ3n) is 1.66. The Labute approximate surface area is 63.3 Å². The van der Waals surface area contributed by atoms with Crippen LogP contribution in [0.2, 0.25) is 0 Å². The van der Waals surface area contributed by atoms with Crippen LogP contribution < -0.4 is 0 Å². The van der Waals surface area contributed by atoms with Crippen molar-refractivity contribution < 1.29 is 4.39 Å². The zero-order chi connectivity index (χ0) is 7.84. The molecular formula is C8H7FN2. The van der Waals surface area contributed by atoms with Crippen molar-refractivity contribution in [2.24, 2.45) is 0 Å². The van der Waals surface area contributed by atoms with Crippen molar-refractivity contribution >= 4 is 5.65 Å². The van der Waals surface area contributed by atoms with Gasteiger partial charge in [0.05, 0.1) is 0 Å². The van der Waals surface area contributed by atoms with Gasteiger partial charge in [0, 0.05) is 11.9 Å². The van der Waals surface area contributed by atoms with E-state index in [-0.39, 0.29) is 5.95 Å². The molecule has 0 aliphatic rings. The first-order valence-corrected chi connectivity index (χ1v) is 3.37. The van der Waals surface area contributed by atoms with Crippen molar-refractivity contribution in [2.45, 2.75) is 6.92 Å². The highest BCUT2D eigenvalue weighted by atomic mass is 19.1. The van der Waals surface area contributed by atoms with Crippen LogP contribution >= 0.6 is 0 Å². The van der Waals surface area contributed by atoms with Gasteiger partial charge in [-0.05, 0) is 19.1 Å². The van der Waals surface area contributed by atoms with E-state index < -0.39 is 0 Å². The maximum Gasteiger partial charge on any atom is 0.199 e. The van der Waals surface area contributed by atoms with Crippen molar-refractivity contribution in [1.29, 1.82) is 0 Å². The molecule has 56 valence electrons. The maximum absolute atomic E-state index is 13.0. The molecule has 0 spiro atoms. The van der Waals surface area contributed by atoms with Crippen LogP contribution in [0.15, 0.2) is 24.4 Å². The molecule has 2 aromatic rings. The summed E-state index contributed by atoms with van der Waals surface area (Å²) in [6, 6.07) is 4.84. The fourth-order valence-corrected chi connectivity index (χ4v) is 1.14. The lowest BCUT2D eigenvalue weighted by molar-refractivity contribution is 0.564. The van der Waals surface area contributed by atoms with Gasteiger partial charge in [-0.25, -0.2) is 4.98 Å². The number of pyridine rings is 1. The topological polar surface area (TPSA) is 17.3 Å². The lowest BCUT2D eigenvalue weighted by Gasteiger charge is -1.95. The third-order valence-corrected chi connectivity index (χ3v) is 1.66. The highest BCUT2D eigenvalue weighted by Gasteiger charge is 2.01. The van der Waals surface area contributed by atoms with E-state index in [9.17, 15) is 4.39 Å². The quantitative estimate of drug-likeness (QED) is 0.523. The van der Waals surface area contributed by atoms with Crippen LogP contribution in [0.3, 0.4) is 0 Å². The van der Waals surface area contributed by atoms with Gasteiger partial charge in [-0.2, -0.15) is 4.39 Å². The van der Waals surface area contributed by atoms with Gasteiger partial charge in [-0.3, -0.25) is 4.40 Å². The molecule has 0 aliphatic carbocycles. The van der Waals surface area contributed by atoms with Crippen LogP contribution in [0, 0.1) is 12.9 Å². The third kappa shape index (κ3) is 0.808. The predicted molar refractivity (Wildman–Crippen MR) is 39.9 cm³/mol. The first-order valence-electron chi connectivity index (χ1n) is 3.37. The predicted octanol–water partition coefficient (Wildman–Crippen LogP) is 1.78. The average Bonchev–Trinajstić information content (AvgIpc) is 2.34. The Morgan fingerprint density at radius 1 is 1.45 bits per heavy atom. The van der Waals surface area contributed by atoms with E-state index in [0.717, 1.165) is 5.69 Å². The number of hydrogen-bond donors (Lipinski definition) is 0. The Kier molecular flexibility index (Phi) is 1.18. The van der Waals surface area contributed by atoms with Crippen LogP contribution in [-0.2, 0) is 0 Å². The highest BCUT2D eigenvalue weighted by molar-refractivity contribution is 5.39. The molecule has 0 aliphatic heterocycles. The Hall–Kier alpha value is -1.38. The Balaban J connectivity index is 2.96. The second kappa shape index (κ2) is 2.05. The minimum absolute atomic E-state index is 0.266. The molecule has 0 bridgehead atoms. The number of aryl methyl sites for hydroxylation is 1. The Bertz CT molecular complexity index is 392. The van der Waals surface area contributed by atoms with Crippen molar-refractivity contribution in [3.8, 4) is 0 Å².